The smallest absolute Gasteiger partial charge is 0.119 e. The number of nitrogens with two attached hydrogens (primary N) is 1. The van der Waals surface area contributed by atoms with Crippen LogP contribution in [0.2, 0.25) is 0 Å². The Morgan fingerprint density at radius 2 is 2.00 bits per heavy atom. The first-order valence-electron chi connectivity index (χ1n) is 4.21. The number of hydrogen-bond donors (Lipinski definition) is 2. The Morgan fingerprint density at radius 1 is 1.29 bits per heavy atom. The molecule has 0 radical (unpaired) electrons. The highest BCUT2D eigenvalue weighted by Crippen LogP contribution is 2.22. The van der Waals surface area contributed by atoms with Crippen LogP contribution in [0.1, 0.15) is 5.01 Å². The molecule has 0 amide bonds. The molecule has 3 nitrogen and oxygen atoms in total. The number of aliphatic hydroxyl groups excluding tert-OH is 1. The summed E-state index contributed by atoms with van der Waals surface area (Å²) >= 11 is 1.46. The molecule has 0 fully saturated rings. The zero-order valence-electron chi connectivity index (χ0n) is 7.47. The summed E-state index contributed by atoms with van der Waals surface area (Å²) < 4.78 is 0. The summed E-state index contributed by atoms with van der Waals surface area (Å²) in [5.74, 6) is 0. The summed E-state index contributed by atoms with van der Waals surface area (Å²) in [6.07, 6.45) is 0. The third-order valence-electron chi connectivity index (χ3n) is 1.89. The van der Waals surface area contributed by atoms with E-state index in [1.54, 1.807) is 0 Å². The highest BCUT2D eigenvalue weighted by molar-refractivity contribution is 7.09. The van der Waals surface area contributed by atoms with Gasteiger partial charge in [0.15, 0.2) is 0 Å². The number of anilines is 1. The van der Waals surface area contributed by atoms with E-state index in [9.17, 15) is 0 Å². The van der Waals surface area contributed by atoms with Crippen molar-refractivity contribution in [3.8, 4) is 11.3 Å². The Kier molecular flexibility index (Phi) is 2.47. The van der Waals surface area contributed by atoms with Crippen LogP contribution in [0.15, 0.2) is 29.6 Å². The first kappa shape index (κ1) is 9.18. The van der Waals surface area contributed by atoms with Gasteiger partial charge < -0.3 is 10.8 Å². The summed E-state index contributed by atoms with van der Waals surface area (Å²) in [7, 11) is 0. The molecular formula is C10H10N2OS. The van der Waals surface area contributed by atoms with Gasteiger partial charge in [0.1, 0.15) is 5.01 Å². The molecule has 0 aliphatic heterocycles. The fourth-order valence-electron chi connectivity index (χ4n) is 1.17. The Labute approximate surface area is 85.8 Å². The third-order valence-corrected chi connectivity index (χ3v) is 2.73. The van der Waals surface area contributed by atoms with Crippen molar-refractivity contribution in [2.24, 2.45) is 0 Å². The van der Waals surface area contributed by atoms with Gasteiger partial charge in [-0.05, 0) is 12.1 Å². The number of thiazole rings is 1. The van der Waals surface area contributed by atoms with Gasteiger partial charge in [0, 0.05) is 16.6 Å². The number of aliphatic hydroxyl groups is 1. The van der Waals surface area contributed by atoms with Gasteiger partial charge in [-0.1, -0.05) is 12.1 Å². The number of hydrogen-bond acceptors (Lipinski definition) is 4. The van der Waals surface area contributed by atoms with Crippen molar-refractivity contribution >= 4 is 17.0 Å². The third kappa shape index (κ3) is 1.76. The monoisotopic (exact) mass is 206 g/mol. The van der Waals surface area contributed by atoms with Crippen LogP contribution in [0.3, 0.4) is 0 Å². The molecule has 1 heterocycles. The van der Waals surface area contributed by atoms with Gasteiger partial charge in [-0.15, -0.1) is 11.3 Å². The summed E-state index contributed by atoms with van der Waals surface area (Å²) in [4.78, 5) is 4.26. The average Bonchev–Trinajstić information content (AvgIpc) is 2.67. The Bertz CT molecular complexity index is 422. The molecule has 14 heavy (non-hydrogen) atoms. The molecular weight excluding hydrogens is 196 g/mol. The van der Waals surface area contributed by atoms with Crippen LogP contribution >= 0.6 is 11.3 Å². The van der Waals surface area contributed by atoms with Gasteiger partial charge in [0.25, 0.3) is 0 Å². The van der Waals surface area contributed by atoms with Gasteiger partial charge >= 0.3 is 0 Å². The SMILES string of the molecule is Nc1ccc(-c2csc(CO)n2)cc1. The predicted molar refractivity (Wildman–Crippen MR) is 57.9 cm³/mol. The number of benzene rings is 1. The summed E-state index contributed by atoms with van der Waals surface area (Å²) in [6.45, 7) is -0.000358. The molecule has 0 atom stereocenters. The van der Waals surface area contributed by atoms with E-state index in [0.717, 1.165) is 22.0 Å². The fourth-order valence-corrected chi connectivity index (χ4v) is 1.83. The molecule has 72 valence electrons. The minimum atomic E-state index is -0.000358. The van der Waals surface area contributed by atoms with Crippen molar-refractivity contribution in [1.82, 2.24) is 4.98 Å². The Hall–Kier alpha value is -1.39. The van der Waals surface area contributed by atoms with Crippen molar-refractivity contribution in [2.45, 2.75) is 6.61 Å². The highest BCUT2D eigenvalue weighted by Gasteiger charge is 2.02. The minimum Gasteiger partial charge on any atom is -0.399 e. The molecule has 2 aromatic rings. The minimum absolute atomic E-state index is 0.000358. The van der Waals surface area contributed by atoms with Crippen LogP contribution in [0.5, 0.6) is 0 Å². The van der Waals surface area contributed by atoms with Gasteiger partial charge in [-0.25, -0.2) is 4.98 Å². The van der Waals surface area contributed by atoms with E-state index < -0.39 is 0 Å². The summed E-state index contributed by atoms with van der Waals surface area (Å²) in [6, 6.07) is 7.53. The van der Waals surface area contributed by atoms with E-state index in [-0.39, 0.29) is 6.61 Å². The second kappa shape index (κ2) is 3.77. The van der Waals surface area contributed by atoms with Crippen molar-refractivity contribution in [3.63, 3.8) is 0 Å². The van der Waals surface area contributed by atoms with Crippen molar-refractivity contribution in [1.29, 1.82) is 0 Å². The molecule has 2 rings (SSSR count). The molecule has 4 heteroatoms. The molecule has 0 aliphatic rings. The van der Waals surface area contributed by atoms with E-state index in [0.29, 0.717) is 0 Å². The topological polar surface area (TPSA) is 59.1 Å². The number of nitrogen functional groups attached to an aromatic ring is 1. The standard InChI is InChI=1S/C10H10N2OS/c11-8-3-1-7(2-4-8)9-6-14-10(5-13)12-9/h1-4,6,13H,5,11H2. The van der Waals surface area contributed by atoms with Gasteiger partial charge in [-0.2, -0.15) is 0 Å². The van der Waals surface area contributed by atoms with Gasteiger partial charge in [-0.3, -0.25) is 0 Å². The lowest BCUT2D eigenvalue weighted by atomic mass is 10.1. The van der Waals surface area contributed by atoms with Crippen molar-refractivity contribution in [3.05, 3.63) is 34.7 Å². The molecule has 0 saturated carbocycles. The van der Waals surface area contributed by atoms with Crippen LogP contribution < -0.4 is 5.73 Å². The predicted octanol–water partition coefficient (Wildman–Crippen LogP) is 1.88. The van der Waals surface area contributed by atoms with Crippen LogP contribution in [0.25, 0.3) is 11.3 Å². The second-order valence-electron chi connectivity index (χ2n) is 2.91. The van der Waals surface area contributed by atoms with Crippen LogP contribution in [-0.2, 0) is 6.61 Å². The van der Waals surface area contributed by atoms with Gasteiger partial charge in [0.05, 0.1) is 12.3 Å². The van der Waals surface area contributed by atoms with Crippen LogP contribution in [0, 0.1) is 0 Å². The first-order valence-corrected chi connectivity index (χ1v) is 5.09. The van der Waals surface area contributed by atoms with E-state index in [2.05, 4.69) is 4.98 Å². The largest absolute Gasteiger partial charge is 0.399 e. The zero-order chi connectivity index (χ0) is 9.97. The Morgan fingerprint density at radius 3 is 2.57 bits per heavy atom. The quantitative estimate of drug-likeness (QED) is 0.738. The van der Waals surface area contributed by atoms with Crippen LogP contribution in [0.4, 0.5) is 5.69 Å². The number of aromatic nitrogens is 1. The van der Waals surface area contributed by atoms with Crippen molar-refractivity contribution in [2.75, 3.05) is 5.73 Å². The molecule has 0 saturated heterocycles. The molecule has 0 unspecified atom stereocenters. The maximum atomic E-state index is 8.87. The summed E-state index contributed by atoms with van der Waals surface area (Å²) in [5, 5.41) is 11.5. The van der Waals surface area contributed by atoms with E-state index in [1.165, 1.54) is 11.3 Å². The molecule has 0 spiro atoms. The van der Waals surface area contributed by atoms with E-state index in [1.807, 2.05) is 29.6 Å². The Balaban J connectivity index is 2.34. The fraction of sp³-hybridized carbons (Fsp3) is 0.100. The zero-order valence-corrected chi connectivity index (χ0v) is 8.29. The first-order chi connectivity index (χ1) is 6.79. The number of rotatable bonds is 2. The number of nitrogens with zero attached hydrogens (tertiary/aromatic N) is 1. The normalized spacial score (nSPS) is 10.4. The lowest BCUT2D eigenvalue weighted by Gasteiger charge is -1.96. The highest BCUT2D eigenvalue weighted by atomic mass is 32.1. The maximum Gasteiger partial charge on any atom is 0.119 e. The van der Waals surface area contributed by atoms with Gasteiger partial charge in [0.2, 0.25) is 0 Å². The van der Waals surface area contributed by atoms with Crippen LogP contribution in [-0.4, -0.2) is 10.1 Å². The molecule has 1 aromatic carbocycles. The lowest BCUT2D eigenvalue weighted by Crippen LogP contribution is -1.85. The van der Waals surface area contributed by atoms with Crippen molar-refractivity contribution < 1.29 is 5.11 Å². The lowest BCUT2D eigenvalue weighted by molar-refractivity contribution is 0.281. The molecule has 1 aromatic heterocycles. The molecule has 0 aliphatic carbocycles. The summed E-state index contributed by atoms with van der Waals surface area (Å²) in [5.41, 5.74) is 8.23. The average molecular weight is 206 g/mol. The molecule has 3 N–H and O–H groups in total. The second-order valence-corrected chi connectivity index (χ2v) is 3.85. The van der Waals surface area contributed by atoms with E-state index in [4.69, 9.17) is 10.8 Å². The maximum absolute atomic E-state index is 8.87. The van der Waals surface area contributed by atoms with E-state index >= 15 is 0 Å². The molecule has 0 bridgehead atoms.